The maximum Gasteiger partial charge on any atom is 0.152 e. The molecule has 0 radical (unpaired) electrons. The zero-order chi connectivity index (χ0) is 9.84. The normalized spacial score (nSPS) is 9.38. The van der Waals surface area contributed by atoms with Crippen molar-refractivity contribution in [1.82, 2.24) is 9.88 Å². The predicted octanol–water partition coefficient (Wildman–Crippen LogP) is 1.71. The summed E-state index contributed by atoms with van der Waals surface area (Å²) in [6.45, 7) is 0. The molecule has 0 aliphatic heterocycles. The van der Waals surface area contributed by atoms with Crippen molar-refractivity contribution in [2.45, 2.75) is 0 Å². The molecule has 4 nitrogen and oxygen atoms in total. The first-order valence-corrected chi connectivity index (χ1v) is 4.39. The van der Waals surface area contributed by atoms with Crippen LogP contribution in [0, 0.1) is 10.8 Å². The maximum absolute atomic E-state index is 7.62. The van der Waals surface area contributed by atoms with Gasteiger partial charge in [-0.1, -0.05) is 6.07 Å². The summed E-state index contributed by atoms with van der Waals surface area (Å²) in [5.74, 6) is 0.205. The summed E-state index contributed by atoms with van der Waals surface area (Å²) in [6, 6.07) is 5.33. The minimum absolute atomic E-state index is 0.205. The lowest BCUT2D eigenvalue weighted by Gasteiger charge is -2.12. The smallest absolute Gasteiger partial charge is 0.152 e. The number of aromatic nitrogens is 1. The van der Waals surface area contributed by atoms with Gasteiger partial charge in [-0.15, -0.1) is 0 Å². The Hall–Kier alpha value is -1.23. The van der Waals surface area contributed by atoms with Gasteiger partial charge in [-0.25, -0.2) is 4.98 Å². The lowest BCUT2D eigenvalue weighted by Crippen LogP contribution is -2.25. The van der Waals surface area contributed by atoms with E-state index < -0.39 is 0 Å². The Labute approximate surface area is 84.7 Å². The number of amidine groups is 1. The Balaban J connectivity index is 2.95. The van der Waals surface area contributed by atoms with E-state index in [0.717, 1.165) is 6.34 Å². The highest BCUT2D eigenvalue weighted by Crippen LogP contribution is 2.07. The average Bonchev–Trinajstić information content (AvgIpc) is 2.15. The molecule has 1 heterocycles. The van der Waals surface area contributed by atoms with E-state index in [4.69, 9.17) is 10.8 Å². The van der Waals surface area contributed by atoms with Gasteiger partial charge in [0.15, 0.2) is 5.84 Å². The summed E-state index contributed by atoms with van der Waals surface area (Å²) >= 11 is 3.22. The van der Waals surface area contributed by atoms with Crippen LogP contribution in [0.2, 0.25) is 0 Å². The molecule has 0 fully saturated rings. The van der Waals surface area contributed by atoms with Gasteiger partial charge in [0.25, 0.3) is 0 Å². The number of nitrogens with zero attached hydrogens (tertiary/aromatic N) is 2. The van der Waals surface area contributed by atoms with E-state index in [1.165, 1.54) is 4.90 Å². The van der Waals surface area contributed by atoms with Gasteiger partial charge in [-0.05, 0) is 28.1 Å². The van der Waals surface area contributed by atoms with Crippen LogP contribution in [-0.2, 0) is 0 Å². The van der Waals surface area contributed by atoms with Crippen molar-refractivity contribution in [1.29, 1.82) is 10.8 Å². The quantitative estimate of drug-likeness (QED) is 0.470. The summed E-state index contributed by atoms with van der Waals surface area (Å²) in [5.41, 5.74) is 0.542. The molecule has 2 N–H and O–H groups in total. The molecule has 0 saturated carbocycles. The number of nitrogens with one attached hydrogen (secondary N) is 2. The van der Waals surface area contributed by atoms with Crippen molar-refractivity contribution >= 4 is 28.1 Å². The zero-order valence-corrected chi connectivity index (χ0v) is 8.67. The standard InChI is InChI=1S/C8H9BrN4/c1-13(5-10)8(11)6-3-2-4-7(9)12-6/h2-5,10-11H,1H3. The lowest BCUT2D eigenvalue weighted by atomic mass is 10.3. The third-order valence-electron chi connectivity index (χ3n) is 1.50. The average molecular weight is 241 g/mol. The van der Waals surface area contributed by atoms with Crippen LogP contribution in [0.1, 0.15) is 5.69 Å². The molecular formula is C8H9BrN4. The molecule has 0 bridgehead atoms. The van der Waals surface area contributed by atoms with Crippen LogP contribution in [0.3, 0.4) is 0 Å². The number of halogens is 1. The topological polar surface area (TPSA) is 63.8 Å². The molecule has 5 heteroatoms. The molecule has 68 valence electrons. The summed E-state index contributed by atoms with van der Waals surface area (Å²) in [7, 11) is 1.64. The number of rotatable bonds is 2. The Kier molecular flexibility index (Phi) is 3.13. The maximum atomic E-state index is 7.62. The van der Waals surface area contributed by atoms with Crippen LogP contribution in [0.5, 0.6) is 0 Å². The Morgan fingerprint density at radius 3 is 2.85 bits per heavy atom. The van der Waals surface area contributed by atoms with E-state index in [1.54, 1.807) is 25.2 Å². The molecule has 0 aliphatic carbocycles. The zero-order valence-electron chi connectivity index (χ0n) is 7.08. The molecule has 0 atom stereocenters. The van der Waals surface area contributed by atoms with Crippen LogP contribution in [0.25, 0.3) is 0 Å². The van der Waals surface area contributed by atoms with Crippen molar-refractivity contribution in [3.05, 3.63) is 28.5 Å². The highest BCUT2D eigenvalue weighted by Gasteiger charge is 2.06. The summed E-state index contributed by atoms with van der Waals surface area (Å²) in [4.78, 5) is 5.47. The van der Waals surface area contributed by atoms with Gasteiger partial charge in [-0.2, -0.15) is 0 Å². The SMILES string of the molecule is CN(C=N)C(=N)c1cccc(Br)n1. The summed E-state index contributed by atoms with van der Waals surface area (Å²) < 4.78 is 0.688. The van der Waals surface area contributed by atoms with Gasteiger partial charge in [0.1, 0.15) is 10.3 Å². The Bertz CT molecular complexity index is 337. The van der Waals surface area contributed by atoms with Crippen LogP contribution >= 0.6 is 15.9 Å². The first-order chi connectivity index (χ1) is 6.15. The van der Waals surface area contributed by atoms with Gasteiger partial charge in [0.2, 0.25) is 0 Å². The van der Waals surface area contributed by atoms with E-state index in [1.807, 2.05) is 0 Å². The fourth-order valence-electron chi connectivity index (χ4n) is 0.785. The lowest BCUT2D eigenvalue weighted by molar-refractivity contribution is 0.759. The first kappa shape index (κ1) is 9.85. The molecule has 1 rings (SSSR count). The third-order valence-corrected chi connectivity index (χ3v) is 1.95. The molecule has 1 aromatic heterocycles. The molecule has 0 aliphatic rings. The van der Waals surface area contributed by atoms with E-state index in [-0.39, 0.29) is 5.84 Å². The van der Waals surface area contributed by atoms with Gasteiger partial charge >= 0.3 is 0 Å². The molecule has 0 amide bonds. The predicted molar refractivity (Wildman–Crippen MR) is 55.3 cm³/mol. The van der Waals surface area contributed by atoms with Gasteiger partial charge in [-0.3, -0.25) is 10.8 Å². The van der Waals surface area contributed by atoms with Gasteiger partial charge < -0.3 is 4.90 Å². The van der Waals surface area contributed by atoms with Gasteiger partial charge in [0.05, 0.1) is 6.34 Å². The molecule has 0 unspecified atom stereocenters. The fourth-order valence-corrected chi connectivity index (χ4v) is 1.13. The third kappa shape index (κ3) is 2.35. The Morgan fingerprint density at radius 2 is 2.31 bits per heavy atom. The minimum Gasteiger partial charge on any atom is -0.319 e. The first-order valence-electron chi connectivity index (χ1n) is 3.60. The van der Waals surface area contributed by atoms with E-state index in [9.17, 15) is 0 Å². The number of hydrogen-bond donors (Lipinski definition) is 2. The molecule has 0 spiro atoms. The van der Waals surface area contributed by atoms with Gasteiger partial charge in [0, 0.05) is 7.05 Å². The number of pyridine rings is 1. The van der Waals surface area contributed by atoms with Crippen LogP contribution in [0.4, 0.5) is 0 Å². The fraction of sp³-hybridized carbons (Fsp3) is 0.125. The number of hydrogen-bond acceptors (Lipinski definition) is 3. The molecular weight excluding hydrogens is 232 g/mol. The van der Waals surface area contributed by atoms with Crippen LogP contribution in [-0.4, -0.2) is 29.1 Å². The molecule has 13 heavy (non-hydrogen) atoms. The van der Waals surface area contributed by atoms with Crippen molar-refractivity contribution in [2.75, 3.05) is 7.05 Å². The van der Waals surface area contributed by atoms with Crippen LogP contribution in [0.15, 0.2) is 22.8 Å². The Morgan fingerprint density at radius 1 is 1.62 bits per heavy atom. The van der Waals surface area contributed by atoms with Crippen LogP contribution < -0.4 is 0 Å². The molecule has 1 aromatic rings. The second-order valence-electron chi connectivity index (χ2n) is 2.43. The molecule has 0 saturated heterocycles. The second kappa shape index (κ2) is 4.13. The van der Waals surface area contributed by atoms with Crippen molar-refractivity contribution in [2.24, 2.45) is 0 Å². The monoisotopic (exact) mass is 240 g/mol. The van der Waals surface area contributed by atoms with E-state index >= 15 is 0 Å². The van der Waals surface area contributed by atoms with Crippen molar-refractivity contribution < 1.29 is 0 Å². The van der Waals surface area contributed by atoms with E-state index in [2.05, 4.69) is 20.9 Å². The highest BCUT2D eigenvalue weighted by molar-refractivity contribution is 9.10. The summed E-state index contributed by atoms with van der Waals surface area (Å²) in [5, 5.41) is 14.6. The van der Waals surface area contributed by atoms with E-state index in [0.29, 0.717) is 10.3 Å². The largest absolute Gasteiger partial charge is 0.319 e. The van der Waals surface area contributed by atoms with Crippen molar-refractivity contribution in [3.8, 4) is 0 Å². The minimum atomic E-state index is 0.205. The summed E-state index contributed by atoms with van der Waals surface area (Å²) in [6.07, 6.45) is 1.07. The highest BCUT2D eigenvalue weighted by atomic mass is 79.9. The second-order valence-corrected chi connectivity index (χ2v) is 3.25. The van der Waals surface area contributed by atoms with Crippen molar-refractivity contribution in [3.63, 3.8) is 0 Å². The molecule has 0 aromatic carbocycles.